The van der Waals surface area contributed by atoms with Gasteiger partial charge >= 0.3 is 0 Å². The van der Waals surface area contributed by atoms with E-state index in [0.29, 0.717) is 6.04 Å². The summed E-state index contributed by atoms with van der Waals surface area (Å²) in [5, 5.41) is 3.45. The van der Waals surface area contributed by atoms with Gasteiger partial charge in [0.1, 0.15) is 5.75 Å². The van der Waals surface area contributed by atoms with Gasteiger partial charge < -0.3 is 15.0 Å². The molecule has 1 fully saturated rings. The Kier molecular flexibility index (Phi) is 5.44. The van der Waals surface area contributed by atoms with Crippen LogP contribution in [0.2, 0.25) is 0 Å². The van der Waals surface area contributed by atoms with E-state index < -0.39 is 0 Å². The molecule has 20 heavy (non-hydrogen) atoms. The Morgan fingerprint density at radius 2 is 1.80 bits per heavy atom. The van der Waals surface area contributed by atoms with Crippen LogP contribution in [0.25, 0.3) is 0 Å². The molecule has 1 aromatic rings. The van der Waals surface area contributed by atoms with Gasteiger partial charge in [-0.25, -0.2) is 0 Å². The van der Waals surface area contributed by atoms with E-state index in [1.54, 1.807) is 7.11 Å². The number of benzene rings is 1. The minimum Gasteiger partial charge on any atom is -0.497 e. The van der Waals surface area contributed by atoms with E-state index >= 15 is 0 Å². The van der Waals surface area contributed by atoms with Gasteiger partial charge in [0.2, 0.25) is 0 Å². The summed E-state index contributed by atoms with van der Waals surface area (Å²) in [7, 11) is 3.76. The molecule has 3 heteroatoms. The number of ether oxygens (including phenoxy) is 1. The molecule has 1 saturated heterocycles. The Morgan fingerprint density at radius 1 is 1.20 bits per heavy atom. The zero-order valence-electron chi connectivity index (χ0n) is 13.2. The molecular formula is C17H28N2O. The molecular weight excluding hydrogens is 248 g/mol. The average molecular weight is 276 g/mol. The van der Waals surface area contributed by atoms with Gasteiger partial charge in [-0.15, -0.1) is 0 Å². The fourth-order valence-corrected chi connectivity index (χ4v) is 3.40. The lowest BCUT2D eigenvalue weighted by molar-refractivity contribution is 0.129. The molecule has 0 amide bonds. The van der Waals surface area contributed by atoms with Gasteiger partial charge in [-0.2, -0.15) is 0 Å². The summed E-state index contributed by atoms with van der Waals surface area (Å²) in [5.74, 6) is 2.54. The summed E-state index contributed by atoms with van der Waals surface area (Å²) in [6.07, 6.45) is 1.36. The van der Waals surface area contributed by atoms with Crippen molar-refractivity contribution >= 4 is 0 Å². The van der Waals surface area contributed by atoms with Crippen molar-refractivity contribution in [2.75, 3.05) is 33.8 Å². The zero-order valence-corrected chi connectivity index (χ0v) is 13.2. The smallest absolute Gasteiger partial charge is 0.118 e. The van der Waals surface area contributed by atoms with Crippen LogP contribution in [0.1, 0.15) is 31.9 Å². The van der Waals surface area contributed by atoms with Crippen molar-refractivity contribution in [3.05, 3.63) is 29.8 Å². The Labute approximate surface area is 123 Å². The summed E-state index contributed by atoms with van der Waals surface area (Å²) in [4.78, 5) is 2.60. The number of piperidine rings is 1. The second-order valence-electron chi connectivity index (χ2n) is 6.28. The van der Waals surface area contributed by atoms with Crippen molar-refractivity contribution < 1.29 is 4.74 Å². The van der Waals surface area contributed by atoms with Crippen LogP contribution in [0, 0.1) is 11.8 Å². The molecule has 1 N–H and O–H groups in total. The van der Waals surface area contributed by atoms with E-state index in [0.717, 1.165) is 24.1 Å². The van der Waals surface area contributed by atoms with E-state index in [9.17, 15) is 0 Å². The summed E-state index contributed by atoms with van der Waals surface area (Å²) in [6.45, 7) is 8.25. The van der Waals surface area contributed by atoms with Crippen LogP contribution in [0.15, 0.2) is 24.3 Å². The number of rotatable bonds is 5. The first-order valence-corrected chi connectivity index (χ1v) is 7.66. The molecule has 1 aliphatic heterocycles. The van der Waals surface area contributed by atoms with Gasteiger partial charge in [0.25, 0.3) is 0 Å². The van der Waals surface area contributed by atoms with Gasteiger partial charge in [0.05, 0.1) is 7.11 Å². The highest BCUT2D eigenvalue weighted by Crippen LogP contribution is 2.24. The van der Waals surface area contributed by atoms with Gasteiger partial charge in [0.15, 0.2) is 0 Å². The van der Waals surface area contributed by atoms with E-state index in [-0.39, 0.29) is 0 Å². The Bertz CT molecular complexity index is 394. The lowest BCUT2D eigenvalue weighted by atomic mass is 9.91. The first-order valence-electron chi connectivity index (χ1n) is 7.66. The largest absolute Gasteiger partial charge is 0.497 e. The van der Waals surface area contributed by atoms with Gasteiger partial charge in [-0.1, -0.05) is 26.0 Å². The third kappa shape index (κ3) is 3.97. The number of methoxy groups -OCH3 is 1. The highest BCUT2D eigenvalue weighted by Gasteiger charge is 2.24. The van der Waals surface area contributed by atoms with Gasteiger partial charge in [-0.3, -0.25) is 0 Å². The Morgan fingerprint density at radius 3 is 2.30 bits per heavy atom. The summed E-state index contributed by atoms with van der Waals surface area (Å²) in [6, 6.07) is 8.80. The van der Waals surface area contributed by atoms with Crippen LogP contribution in [0.5, 0.6) is 5.75 Å². The fourth-order valence-electron chi connectivity index (χ4n) is 3.40. The molecule has 1 heterocycles. The quantitative estimate of drug-likeness (QED) is 0.895. The first kappa shape index (κ1) is 15.3. The van der Waals surface area contributed by atoms with Crippen molar-refractivity contribution in [3.63, 3.8) is 0 Å². The fraction of sp³-hybridized carbons (Fsp3) is 0.647. The summed E-state index contributed by atoms with van der Waals surface area (Å²) in [5.41, 5.74) is 1.33. The lowest BCUT2D eigenvalue weighted by Crippen LogP contribution is -2.42. The van der Waals surface area contributed by atoms with Crippen molar-refractivity contribution in [2.45, 2.75) is 26.3 Å². The molecule has 3 atom stereocenters. The molecule has 3 nitrogen and oxygen atoms in total. The van der Waals surface area contributed by atoms with Crippen molar-refractivity contribution in [3.8, 4) is 5.75 Å². The maximum absolute atomic E-state index is 5.23. The zero-order chi connectivity index (χ0) is 14.5. The van der Waals surface area contributed by atoms with E-state index in [1.165, 1.54) is 25.1 Å². The molecule has 0 bridgehead atoms. The molecule has 1 aromatic carbocycles. The third-order valence-corrected chi connectivity index (χ3v) is 4.25. The van der Waals surface area contributed by atoms with Crippen LogP contribution in [0.3, 0.4) is 0 Å². The van der Waals surface area contributed by atoms with Gasteiger partial charge in [0, 0.05) is 25.7 Å². The van der Waals surface area contributed by atoms with E-state index in [4.69, 9.17) is 4.74 Å². The first-order chi connectivity index (χ1) is 9.62. The monoisotopic (exact) mass is 276 g/mol. The minimum absolute atomic E-state index is 0.387. The van der Waals surface area contributed by atoms with Crippen LogP contribution in [0.4, 0.5) is 0 Å². The molecule has 2 rings (SSSR count). The number of hydrogen-bond acceptors (Lipinski definition) is 3. The van der Waals surface area contributed by atoms with E-state index in [1.807, 2.05) is 19.2 Å². The number of likely N-dealkylation sites (tertiary alicyclic amines) is 1. The molecule has 0 saturated carbocycles. The molecule has 0 radical (unpaired) electrons. The second-order valence-corrected chi connectivity index (χ2v) is 6.28. The Hall–Kier alpha value is -1.06. The summed E-state index contributed by atoms with van der Waals surface area (Å²) < 4.78 is 5.23. The highest BCUT2D eigenvalue weighted by atomic mass is 16.5. The predicted octanol–water partition coefficient (Wildman–Crippen LogP) is 2.93. The number of hydrogen-bond donors (Lipinski definition) is 1. The second kappa shape index (κ2) is 7.09. The molecule has 1 aliphatic rings. The van der Waals surface area contributed by atoms with Crippen LogP contribution in [-0.4, -0.2) is 38.7 Å². The van der Waals surface area contributed by atoms with Crippen LogP contribution < -0.4 is 10.1 Å². The van der Waals surface area contributed by atoms with Gasteiger partial charge in [-0.05, 0) is 43.0 Å². The SMILES string of the molecule is CNC(CN1CC(C)CC(C)C1)c1ccc(OC)cc1. The average Bonchev–Trinajstić information content (AvgIpc) is 2.44. The summed E-state index contributed by atoms with van der Waals surface area (Å²) >= 11 is 0. The molecule has 0 aliphatic carbocycles. The van der Waals surface area contributed by atoms with Crippen molar-refractivity contribution in [1.29, 1.82) is 0 Å². The normalized spacial score (nSPS) is 25.4. The van der Waals surface area contributed by atoms with Crippen LogP contribution in [-0.2, 0) is 0 Å². The lowest BCUT2D eigenvalue weighted by Gasteiger charge is -2.37. The van der Waals surface area contributed by atoms with Crippen molar-refractivity contribution in [2.24, 2.45) is 11.8 Å². The third-order valence-electron chi connectivity index (χ3n) is 4.25. The molecule has 112 valence electrons. The molecule has 0 aromatic heterocycles. The highest BCUT2D eigenvalue weighted by molar-refractivity contribution is 5.29. The number of nitrogens with zero attached hydrogens (tertiary/aromatic N) is 1. The maximum atomic E-state index is 5.23. The molecule has 0 spiro atoms. The Balaban J connectivity index is 2.00. The maximum Gasteiger partial charge on any atom is 0.118 e. The topological polar surface area (TPSA) is 24.5 Å². The van der Waals surface area contributed by atoms with E-state index in [2.05, 4.69) is 36.2 Å². The molecule has 3 unspecified atom stereocenters. The predicted molar refractivity (Wildman–Crippen MR) is 84.2 cm³/mol. The number of nitrogens with one attached hydrogen (secondary N) is 1. The standard InChI is InChI=1S/C17H28N2O/c1-13-9-14(2)11-19(10-13)12-17(18-3)15-5-7-16(20-4)8-6-15/h5-8,13-14,17-18H,9-12H2,1-4H3. The minimum atomic E-state index is 0.387. The van der Waals surface area contributed by atoms with Crippen molar-refractivity contribution in [1.82, 2.24) is 10.2 Å². The van der Waals surface area contributed by atoms with Crippen LogP contribution >= 0.6 is 0 Å². The number of likely N-dealkylation sites (N-methyl/N-ethyl adjacent to an activating group) is 1.